The first-order valence-electron chi connectivity index (χ1n) is 6.82. The lowest BCUT2D eigenvalue weighted by molar-refractivity contribution is 0.00578. The largest absolute Gasteiger partial charge is 0.494 e. The van der Waals surface area contributed by atoms with E-state index in [4.69, 9.17) is 15.0 Å². The second-order valence-corrected chi connectivity index (χ2v) is 6.48. The molecule has 0 bridgehead atoms. The highest BCUT2D eigenvalue weighted by Crippen LogP contribution is 2.36. The number of carbonyl (C=O) groups is 1. The van der Waals surface area contributed by atoms with Crippen LogP contribution in [0.25, 0.3) is 0 Å². The van der Waals surface area contributed by atoms with E-state index >= 15 is 0 Å². The summed E-state index contributed by atoms with van der Waals surface area (Å²) in [5, 5.41) is 0. The highest BCUT2D eigenvalue weighted by Gasteiger charge is 2.51. The zero-order valence-electron chi connectivity index (χ0n) is 13.0. The summed E-state index contributed by atoms with van der Waals surface area (Å²) < 4.78 is 12.0. The van der Waals surface area contributed by atoms with Gasteiger partial charge in [-0.1, -0.05) is 12.1 Å². The van der Waals surface area contributed by atoms with Gasteiger partial charge in [0, 0.05) is 5.56 Å². The van der Waals surface area contributed by atoms with Crippen LogP contribution < -0.4 is 11.2 Å². The van der Waals surface area contributed by atoms with Gasteiger partial charge in [0.25, 0.3) is 0 Å². The van der Waals surface area contributed by atoms with Gasteiger partial charge in [-0.15, -0.1) is 0 Å². The quantitative estimate of drug-likeness (QED) is 0.836. The fraction of sp³-hybridized carbons (Fsp3) is 0.533. The average Bonchev–Trinajstić information content (AvgIpc) is 2.46. The minimum absolute atomic E-state index is 0.373. The Labute approximate surface area is 120 Å². The van der Waals surface area contributed by atoms with E-state index in [9.17, 15) is 4.79 Å². The number of nitrogens with two attached hydrogens (primary N) is 1. The monoisotopic (exact) mass is 275 g/mol. The molecule has 1 amide bonds. The lowest BCUT2D eigenvalue weighted by Gasteiger charge is -2.32. The molecule has 2 rings (SSSR count). The number of benzene rings is 1. The molecule has 1 aromatic carbocycles. The van der Waals surface area contributed by atoms with Crippen molar-refractivity contribution in [1.29, 1.82) is 0 Å². The van der Waals surface area contributed by atoms with Crippen molar-refractivity contribution in [3.05, 3.63) is 28.8 Å². The molecule has 0 saturated carbocycles. The third-order valence-electron chi connectivity index (χ3n) is 4.33. The standard InChI is InChI=1S/C15H22BNO3/c1-9-7-11(8-10(2)12(9)13(17)18)16-19-14(3,4)15(5,6)20-16/h7-8H,1-6H3,(H2,17,18). The molecule has 5 heteroatoms. The summed E-state index contributed by atoms with van der Waals surface area (Å²) in [6.45, 7) is 11.8. The first-order valence-corrected chi connectivity index (χ1v) is 6.82. The van der Waals surface area contributed by atoms with Crippen molar-refractivity contribution in [2.45, 2.75) is 52.7 Å². The van der Waals surface area contributed by atoms with Crippen LogP contribution in [0.1, 0.15) is 49.2 Å². The molecule has 0 aromatic heterocycles. The van der Waals surface area contributed by atoms with Gasteiger partial charge in [0.1, 0.15) is 0 Å². The van der Waals surface area contributed by atoms with Crippen molar-refractivity contribution >= 4 is 18.5 Å². The Hall–Kier alpha value is -1.33. The SMILES string of the molecule is Cc1cc(B2OC(C)(C)C(C)(C)O2)cc(C)c1C(N)=O. The predicted molar refractivity (Wildman–Crippen MR) is 80.1 cm³/mol. The molecule has 108 valence electrons. The molecule has 20 heavy (non-hydrogen) atoms. The number of rotatable bonds is 2. The summed E-state index contributed by atoms with van der Waals surface area (Å²) in [6, 6.07) is 3.82. The van der Waals surface area contributed by atoms with Gasteiger partial charge in [0.15, 0.2) is 0 Å². The summed E-state index contributed by atoms with van der Waals surface area (Å²) in [5.74, 6) is -0.402. The lowest BCUT2D eigenvalue weighted by atomic mass is 9.76. The summed E-state index contributed by atoms with van der Waals surface area (Å²) in [6.07, 6.45) is 0. The van der Waals surface area contributed by atoms with Crippen molar-refractivity contribution in [1.82, 2.24) is 0 Å². The van der Waals surface area contributed by atoms with Crippen LogP contribution in [0.4, 0.5) is 0 Å². The van der Waals surface area contributed by atoms with Crippen LogP contribution in [-0.4, -0.2) is 24.2 Å². The maximum absolute atomic E-state index is 11.4. The molecule has 0 radical (unpaired) electrons. The zero-order chi connectivity index (χ0) is 15.3. The summed E-state index contributed by atoms with van der Waals surface area (Å²) in [7, 11) is -0.417. The van der Waals surface area contributed by atoms with E-state index in [1.54, 1.807) is 0 Å². The van der Waals surface area contributed by atoms with Crippen LogP contribution in [0.3, 0.4) is 0 Å². The molecule has 0 aliphatic carbocycles. The molecule has 1 aromatic rings. The Morgan fingerprint density at radius 2 is 1.45 bits per heavy atom. The number of primary amides is 1. The van der Waals surface area contributed by atoms with Crippen LogP contribution in [0.2, 0.25) is 0 Å². The van der Waals surface area contributed by atoms with Crippen LogP contribution >= 0.6 is 0 Å². The van der Waals surface area contributed by atoms with Gasteiger partial charge in [-0.25, -0.2) is 0 Å². The topological polar surface area (TPSA) is 61.6 Å². The molecule has 1 aliphatic heterocycles. The molecule has 0 spiro atoms. The van der Waals surface area contributed by atoms with E-state index < -0.39 is 13.0 Å². The molecule has 4 nitrogen and oxygen atoms in total. The third-order valence-corrected chi connectivity index (χ3v) is 4.33. The summed E-state index contributed by atoms with van der Waals surface area (Å²) in [4.78, 5) is 11.4. The first kappa shape index (κ1) is 15.1. The molecular formula is C15H22BNO3. The highest BCUT2D eigenvalue weighted by atomic mass is 16.7. The van der Waals surface area contributed by atoms with E-state index in [0.717, 1.165) is 16.6 Å². The van der Waals surface area contributed by atoms with Crippen molar-refractivity contribution < 1.29 is 14.1 Å². The van der Waals surface area contributed by atoms with Crippen molar-refractivity contribution in [2.75, 3.05) is 0 Å². The van der Waals surface area contributed by atoms with E-state index in [1.807, 2.05) is 53.7 Å². The Morgan fingerprint density at radius 1 is 1.05 bits per heavy atom. The van der Waals surface area contributed by atoms with Gasteiger partial charge in [-0.2, -0.15) is 0 Å². The molecule has 1 saturated heterocycles. The Morgan fingerprint density at radius 3 is 1.80 bits per heavy atom. The number of carbonyl (C=O) groups excluding carboxylic acids is 1. The normalized spacial score (nSPS) is 20.2. The van der Waals surface area contributed by atoms with Gasteiger partial charge >= 0.3 is 7.12 Å². The molecular weight excluding hydrogens is 253 g/mol. The van der Waals surface area contributed by atoms with Crippen molar-refractivity contribution in [3.8, 4) is 0 Å². The Bertz CT molecular complexity index is 527. The van der Waals surface area contributed by atoms with Crippen LogP contribution in [0.5, 0.6) is 0 Å². The number of amides is 1. The highest BCUT2D eigenvalue weighted by molar-refractivity contribution is 6.62. The van der Waals surface area contributed by atoms with Gasteiger partial charge in [0.2, 0.25) is 5.91 Å². The number of hydrogen-bond donors (Lipinski definition) is 1. The fourth-order valence-electron chi connectivity index (χ4n) is 2.50. The van der Waals surface area contributed by atoms with E-state index in [1.165, 1.54) is 0 Å². The summed E-state index contributed by atoms with van der Waals surface area (Å²) in [5.41, 5.74) is 7.85. The van der Waals surface area contributed by atoms with Crippen molar-refractivity contribution in [2.24, 2.45) is 5.73 Å². The van der Waals surface area contributed by atoms with Gasteiger partial charge in [-0.05, 0) is 58.1 Å². The Balaban J connectivity index is 2.40. The van der Waals surface area contributed by atoms with Crippen LogP contribution in [0.15, 0.2) is 12.1 Å². The van der Waals surface area contributed by atoms with Gasteiger partial charge in [0.05, 0.1) is 11.2 Å². The van der Waals surface area contributed by atoms with E-state index in [2.05, 4.69) is 0 Å². The van der Waals surface area contributed by atoms with Crippen LogP contribution in [-0.2, 0) is 9.31 Å². The third kappa shape index (κ3) is 2.36. The fourth-order valence-corrected chi connectivity index (χ4v) is 2.50. The lowest BCUT2D eigenvalue weighted by Crippen LogP contribution is -2.41. The number of aryl methyl sites for hydroxylation is 2. The minimum Gasteiger partial charge on any atom is -0.399 e. The predicted octanol–water partition coefficient (Wildman–Crippen LogP) is 1.70. The molecule has 1 heterocycles. The van der Waals surface area contributed by atoms with Crippen molar-refractivity contribution in [3.63, 3.8) is 0 Å². The van der Waals surface area contributed by atoms with E-state index in [-0.39, 0.29) is 11.2 Å². The van der Waals surface area contributed by atoms with Crippen LogP contribution in [0, 0.1) is 13.8 Å². The van der Waals surface area contributed by atoms with Gasteiger partial charge in [-0.3, -0.25) is 4.79 Å². The Kier molecular flexibility index (Phi) is 3.47. The second kappa shape index (κ2) is 4.60. The average molecular weight is 275 g/mol. The molecule has 2 N–H and O–H groups in total. The minimum atomic E-state index is -0.417. The second-order valence-electron chi connectivity index (χ2n) is 6.48. The number of hydrogen-bond acceptors (Lipinski definition) is 3. The summed E-state index contributed by atoms with van der Waals surface area (Å²) >= 11 is 0. The first-order chi connectivity index (χ1) is 9.05. The molecule has 1 aliphatic rings. The smallest absolute Gasteiger partial charge is 0.399 e. The van der Waals surface area contributed by atoms with E-state index in [0.29, 0.717) is 5.56 Å². The maximum atomic E-state index is 11.4. The maximum Gasteiger partial charge on any atom is 0.494 e. The molecule has 1 fully saturated rings. The molecule has 0 atom stereocenters. The zero-order valence-corrected chi connectivity index (χ0v) is 13.0. The van der Waals surface area contributed by atoms with Gasteiger partial charge < -0.3 is 15.0 Å². The molecule has 0 unspecified atom stereocenters.